The molecule has 0 radical (unpaired) electrons. The molecule has 6 heteroatoms. The molecule has 0 aliphatic heterocycles. The van der Waals surface area contributed by atoms with Crippen LogP contribution in [0, 0.1) is 0 Å². The van der Waals surface area contributed by atoms with Crippen LogP contribution in [0.1, 0.15) is 37.8 Å². The van der Waals surface area contributed by atoms with Crippen LogP contribution in [0.2, 0.25) is 0 Å². The van der Waals surface area contributed by atoms with Gasteiger partial charge in [-0.1, -0.05) is 25.1 Å². The Bertz CT molecular complexity index is 474. The lowest BCUT2D eigenvalue weighted by molar-refractivity contribution is -0.142. The molecular weight excluding hydrogens is 271 g/mol. The lowest BCUT2D eigenvalue weighted by Gasteiger charge is -2.32. The highest BCUT2D eigenvalue weighted by Crippen LogP contribution is 2.37. The molecule has 3 nitrogen and oxygen atoms in total. The molecule has 0 aromatic heterocycles. The number of rotatable bonds is 6. The summed E-state index contributed by atoms with van der Waals surface area (Å²) in [4.78, 5) is 11.0. The Kier molecular flexibility index (Phi) is 5.16. The van der Waals surface area contributed by atoms with Crippen LogP contribution in [0.25, 0.3) is 0 Å². The van der Waals surface area contributed by atoms with Crippen LogP contribution < -0.4 is 5.32 Å². The maximum atomic E-state index is 13.1. The first kappa shape index (κ1) is 16.5. The fourth-order valence-corrected chi connectivity index (χ4v) is 2.17. The highest BCUT2D eigenvalue weighted by Gasteiger charge is 2.39. The molecule has 0 aliphatic carbocycles. The fourth-order valence-electron chi connectivity index (χ4n) is 2.17. The highest BCUT2D eigenvalue weighted by atomic mass is 19.4. The third-order valence-electron chi connectivity index (χ3n) is 3.10. The van der Waals surface area contributed by atoms with Crippen molar-refractivity contribution in [3.05, 3.63) is 35.4 Å². The molecule has 20 heavy (non-hydrogen) atoms. The van der Waals surface area contributed by atoms with Crippen molar-refractivity contribution in [2.24, 2.45) is 0 Å². The topological polar surface area (TPSA) is 49.3 Å². The van der Waals surface area contributed by atoms with Crippen molar-refractivity contribution in [2.75, 3.05) is 6.54 Å². The van der Waals surface area contributed by atoms with E-state index in [-0.39, 0.29) is 5.56 Å². The highest BCUT2D eigenvalue weighted by molar-refractivity contribution is 5.69. The zero-order valence-electron chi connectivity index (χ0n) is 11.4. The standard InChI is InChI=1S/C14H18F3NO2/c1-3-8-18-13(2,9-12(19)20)10-6-4-5-7-11(10)14(15,16)17/h4-7,18H,3,8-9H2,1-2H3,(H,19,20). The van der Waals surface area contributed by atoms with Crippen LogP contribution in [0.3, 0.4) is 0 Å². The monoisotopic (exact) mass is 289 g/mol. The molecule has 2 N–H and O–H groups in total. The number of alkyl halides is 3. The summed E-state index contributed by atoms with van der Waals surface area (Å²) >= 11 is 0. The Morgan fingerprint density at radius 3 is 2.25 bits per heavy atom. The van der Waals surface area contributed by atoms with Crippen molar-refractivity contribution in [3.8, 4) is 0 Å². The summed E-state index contributed by atoms with van der Waals surface area (Å²) in [5, 5.41) is 11.9. The molecule has 0 bridgehead atoms. The van der Waals surface area contributed by atoms with Gasteiger partial charge in [0.05, 0.1) is 17.5 Å². The summed E-state index contributed by atoms with van der Waals surface area (Å²) in [5.74, 6) is -1.15. The molecule has 1 unspecified atom stereocenters. The summed E-state index contributed by atoms with van der Waals surface area (Å²) in [6, 6.07) is 5.09. The van der Waals surface area contributed by atoms with Gasteiger partial charge in [0, 0.05) is 0 Å². The number of carboxylic acid groups (broad SMARTS) is 1. The molecule has 112 valence electrons. The molecular formula is C14H18F3NO2. The minimum atomic E-state index is -4.51. The molecule has 1 rings (SSSR count). The molecule has 0 saturated carbocycles. The van der Waals surface area contributed by atoms with Gasteiger partial charge >= 0.3 is 12.1 Å². The summed E-state index contributed by atoms with van der Waals surface area (Å²) in [5.41, 5.74) is -2.09. The fraction of sp³-hybridized carbons (Fsp3) is 0.500. The van der Waals surface area contributed by atoms with Crippen molar-refractivity contribution in [1.82, 2.24) is 5.32 Å². The number of hydrogen-bond acceptors (Lipinski definition) is 2. The second-order valence-electron chi connectivity index (χ2n) is 4.87. The quantitative estimate of drug-likeness (QED) is 0.844. The first-order valence-corrected chi connectivity index (χ1v) is 6.34. The molecule has 0 saturated heterocycles. The molecule has 0 spiro atoms. The molecule has 0 amide bonds. The second kappa shape index (κ2) is 6.26. The van der Waals surface area contributed by atoms with Crippen LogP contribution in [-0.4, -0.2) is 17.6 Å². The van der Waals surface area contributed by atoms with E-state index < -0.39 is 29.7 Å². The minimum Gasteiger partial charge on any atom is -0.481 e. The second-order valence-corrected chi connectivity index (χ2v) is 4.87. The smallest absolute Gasteiger partial charge is 0.416 e. The maximum absolute atomic E-state index is 13.1. The van der Waals surface area contributed by atoms with Crippen molar-refractivity contribution in [3.63, 3.8) is 0 Å². The summed E-state index contributed by atoms with van der Waals surface area (Å²) in [6.45, 7) is 3.79. The Balaban J connectivity index is 3.30. The van der Waals surface area contributed by atoms with Gasteiger partial charge in [-0.15, -0.1) is 0 Å². The van der Waals surface area contributed by atoms with Crippen molar-refractivity contribution < 1.29 is 23.1 Å². The predicted octanol–water partition coefficient (Wildman–Crippen LogP) is 3.39. The van der Waals surface area contributed by atoms with Gasteiger partial charge in [-0.25, -0.2) is 0 Å². The summed E-state index contributed by atoms with van der Waals surface area (Å²) < 4.78 is 39.2. The van der Waals surface area contributed by atoms with E-state index >= 15 is 0 Å². The van der Waals surface area contributed by atoms with E-state index in [1.165, 1.54) is 25.1 Å². The molecule has 1 aromatic carbocycles. The average Bonchev–Trinajstić information content (AvgIpc) is 2.34. The SMILES string of the molecule is CCCNC(C)(CC(=O)O)c1ccccc1C(F)(F)F. The molecule has 0 heterocycles. The van der Waals surface area contributed by atoms with E-state index in [4.69, 9.17) is 5.11 Å². The number of aliphatic carboxylic acids is 1. The Morgan fingerprint density at radius 2 is 1.80 bits per heavy atom. The van der Waals surface area contributed by atoms with Crippen LogP contribution in [0.5, 0.6) is 0 Å². The van der Waals surface area contributed by atoms with Gasteiger partial charge in [-0.3, -0.25) is 4.79 Å². The van der Waals surface area contributed by atoms with E-state index in [9.17, 15) is 18.0 Å². The van der Waals surface area contributed by atoms with Crippen molar-refractivity contribution >= 4 is 5.97 Å². The van der Waals surface area contributed by atoms with Gasteiger partial charge < -0.3 is 10.4 Å². The third kappa shape index (κ3) is 3.96. The van der Waals surface area contributed by atoms with Gasteiger partial charge in [-0.2, -0.15) is 13.2 Å². The number of carboxylic acids is 1. The summed E-state index contributed by atoms with van der Waals surface area (Å²) in [6.07, 6.45) is -4.23. The van der Waals surface area contributed by atoms with E-state index in [0.29, 0.717) is 13.0 Å². The number of nitrogens with one attached hydrogen (secondary N) is 1. The van der Waals surface area contributed by atoms with Crippen molar-refractivity contribution in [2.45, 2.75) is 38.4 Å². The normalized spacial score (nSPS) is 14.8. The van der Waals surface area contributed by atoms with Gasteiger partial charge in [0.1, 0.15) is 0 Å². The van der Waals surface area contributed by atoms with Crippen LogP contribution in [-0.2, 0) is 16.5 Å². The van der Waals surface area contributed by atoms with E-state index in [2.05, 4.69) is 5.32 Å². The number of benzene rings is 1. The molecule has 1 atom stereocenters. The van der Waals surface area contributed by atoms with Gasteiger partial charge in [0.25, 0.3) is 0 Å². The minimum absolute atomic E-state index is 0.0386. The van der Waals surface area contributed by atoms with Crippen molar-refractivity contribution in [1.29, 1.82) is 0 Å². The lowest BCUT2D eigenvalue weighted by Crippen LogP contribution is -2.43. The number of carbonyl (C=O) groups is 1. The summed E-state index contributed by atoms with van der Waals surface area (Å²) in [7, 11) is 0. The Hall–Kier alpha value is -1.56. The van der Waals surface area contributed by atoms with Gasteiger partial charge in [-0.05, 0) is 31.5 Å². The van der Waals surface area contributed by atoms with Gasteiger partial charge in [0.15, 0.2) is 0 Å². The maximum Gasteiger partial charge on any atom is 0.416 e. The van der Waals surface area contributed by atoms with Crippen LogP contribution >= 0.6 is 0 Å². The lowest BCUT2D eigenvalue weighted by atomic mass is 9.85. The Labute approximate surface area is 115 Å². The Morgan fingerprint density at radius 1 is 1.25 bits per heavy atom. The zero-order chi connectivity index (χ0) is 15.4. The average molecular weight is 289 g/mol. The zero-order valence-corrected chi connectivity index (χ0v) is 11.4. The molecule has 0 aliphatic rings. The van der Waals surface area contributed by atoms with E-state index in [1.807, 2.05) is 6.92 Å². The number of hydrogen-bond donors (Lipinski definition) is 2. The van der Waals surface area contributed by atoms with Crippen LogP contribution in [0.15, 0.2) is 24.3 Å². The first-order chi connectivity index (χ1) is 9.20. The van der Waals surface area contributed by atoms with E-state index in [0.717, 1.165) is 6.07 Å². The molecule has 0 fully saturated rings. The largest absolute Gasteiger partial charge is 0.481 e. The first-order valence-electron chi connectivity index (χ1n) is 6.34. The van der Waals surface area contributed by atoms with E-state index in [1.54, 1.807) is 0 Å². The van der Waals surface area contributed by atoms with Crippen LogP contribution in [0.4, 0.5) is 13.2 Å². The number of halogens is 3. The third-order valence-corrected chi connectivity index (χ3v) is 3.10. The molecule has 1 aromatic rings. The van der Waals surface area contributed by atoms with Gasteiger partial charge in [0.2, 0.25) is 0 Å². The predicted molar refractivity (Wildman–Crippen MR) is 69.3 cm³/mol.